The van der Waals surface area contributed by atoms with Gasteiger partial charge in [0, 0.05) is 24.1 Å². The first-order valence-electron chi connectivity index (χ1n) is 9.54. The molecule has 2 atom stereocenters. The highest BCUT2D eigenvalue weighted by Gasteiger charge is 2.19. The summed E-state index contributed by atoms with van der Waals surface area (Å²) in [5.41, 5.74) is 2.72. The molecule has 0 saturated carbocycles. The predicted molar refractivity (Wildman–Crippen MR) is 115 cm³/mol. The maximum atomic E-state index is 12.6. The smallest absolute Gasteiger partial charge is 0.200 e. The third-order valence-corrected chi connectivity index (χ3v) is 5.05. The van der Waals surface area contributed by atoms with Gasteiger partial charge in [-0.15, -0.1) is 5.47 Å². The van der Waals surface area contributed by atoms with E-state index in [4.69, 9.17) is 12.6 Å². The van der Waals surface area contributed by atoms with Crippen molar-refractivity contribution in [2.75, 3.05) is 0 Å². The molecular formula is C24H19BN2O2. The van der Waals surface area contributed by atoms with Gasteiger partial charge in [0.25, 0.3) is 0 Å². The van der Waals surface area contributed by atoms with Crippen molar-refractivity contribution in [2.24, 2.45) is 0 Å². The molecule has 0 fully saturated rings. The van der Waals surface area contributed by atoms with Gasteiger partial charge in [-0.3, -0.25) is 4.79 Å². The maximum Gasteiger partial charge on any atom is 0.200 e. The summed E-state index contributed by atoms with van der Waals surface area (Å²) in [5, 5.41) is 9.53. The lowest BCUT2D eigenvalue weighted by Gasteiger charge is -2.21. The van der Waals surface area contributed by atoms with Crippen LogP contribution in [-0.4, -0.2) is 18.9 Å². The van der Waals surface area contributed by atoms with Crippen LogP contribution < -0.4 is 10.2 Å². The Morgan fingerprint density at radius 3 is 2.72 bits per heavy atom. The lowest BCUT2D eigenvalue weighted by Crippen LogP contribution is -2.18. The highest BCUT2D eigenvalue weighted by atomic mass is 16.5. The van der Waals surface area contributed by atoms with E-state index < -0.39 is 0 Å². The molecular weight excluding hydrogens is 359 g/mol. The maximum absolute atomic E-state index is 12.6. The second kappa shape index (κ2) is 8.24. The molecule has 0 aliphatic heterocycles. The Bertz CT molecular complexity index is 1130. The Kier molecular flexibility index (Phi) is 5.35. The zero-order valence-corrected chi connectivity index (χ0v) is 15.8. The number of benzene rings is 1. The zero-order chi connectivity index (χ0) is 20.2. The van der Waals surface area contributed by atoms with Crippen LogP contribution in [0.15, 0.2) is 83.1 Å². The highest BCUT2D eigenvalue weighted by molar-refractivity contribution is 6.21. The highest BCUT2D eigenvalue weighted by Crippen LogP contribution is 2.29. The quantitative estimate of drug-likeness (QED) is 0.814. The topological polar surface area (TPSA) is 65.9 Å². The Morgan fingerprint density at radius 2 is 2.03 bits per heavy atom. The molecule has 4 nitrogen and oxygen atoms in total. The molecule has 2 aliphatic carbocycles. The first kappa shape index (κ1) is 18.8. The Morgan fingerprint density at radius 1 is 1.21 bits per heavy atom. The third-order valence-electron chi connectivity index (χ3n) is 5.05. The Labute approximate surface area is 171 Å². The van der Waals surface area contributed by atoms with E-state index in [0.29, 0.717) is 18.5 Å². The lowest BCUT2D eigenvalue weighted by atomic mass is 9.81. The average molecular weight is 378 g/mol. The number of ether oxygens (including phenoxy) is 1. The van der Waals surface area contributed by atoms with Gasteiger partial charge < -0.3 is 9.72 Å². The van der Waals surface area contributed by atoms with Crippen molar-refractivity contribution in [3.8, 4) is 11.8 Å². The summed E-state index contributed by atoms with van der Waals surface area (Å²) in [5.74, 6) is 0.795. The van der Waals surface area contributed by atoms with Crippen LogP contribution in [0.3, 0.4) is 0 Å². The Balaban J connectivity index is 1.60. The number of nitrogens with zero attached hydrogens (tertiary/aromatic N) is 1. The van der Waals surface area contributed by atoms with Crippen LogP contribution >= 0.6 is 0 Å². The first-order chi connectivity index (χ1) is 14.1. The zero-order valence-electron chi connectivity index (χ0n) is 15.8. The molecule has 1 heterocycles. The summed E-state index contributed by atoms with van der Waals surface area (Å²) in [6, 6.07) is 13.2. The van der Waals surface area contributed by atoms with Gasteiger partial charge in [-0.2, -0.15) is 5.26 Å². The number of allylic oxidation sites excluding steroid dienone is 6. The van der Waals surface area contributed by atoms with Crippen LogP contribution in [0, 0.1) is 11.3 Å². The molecule has 0 saturated heterocycles. The van der Waals surface area contributed by atoms with Gasteiger partial charge >= 0.3 is 0 Å². The van der Waals surface area contributed by atoms with Crippen molar-refractivity contribution in [1.29, 1.82) is 5.26 Å². The van der Waals surface area contributed by atoms with E-state index >= 15 is 0 Å². The summed E-state index contributed by atoms with van der Waals surface area (Å²) in [6.45, 7) is 0. The molecule has 1 aromatic heterocycles. The van der Waals surface area contributed by atoms with Gasteiger partial charge in [0.2, 0.25) is 0 Å². The van der Waals surface area contributed by atoms with E-state index in [1.54, 1.807) is 0 Å². The van der Waals surface area contributed by atoms with Crippen molar-refractivity contribution in [3.05, 3.63) is 106 Å². The molecule has 2 unspecified atom stereocenters. The minimum atomic E-state index is -0.283. The number of para-hydroxylation sites is 1. The average Bonchev–Trinajstić information content (AvgIpc) is 2.74. The van der Waals surface area contributed by atoms with Crippen LogP contribution in [0.5, 0.6) is 5.75 Å². The molecule has 0 amide bonds. The predicted octanol–water partition coefficient (Wildman–Crippen LogP) is 4.13. The second-order valence-corrected chi connectivity index (χ2v) is 7.11. The van der Waals surface area contributed by atoms with E-state index in [-0.39, 0.29) is 23.0 Å². The number of nitrogens with one attached hydrogen (secondary N) is 1. The van der Waals surface area contributed by atoms with Crippen LogP contribution in [0.2, 0.25) is 0 Å². The van der Waals surface area contributed by atoms with Crippen molar-refractivity contribution < 1.29 is 4.74 Å². The van der Waals surface area contributed by atoms with Gasteiger partial charge in [0.15, 0.2) is 5.43 Å². The van der Waals surface area contributed by atoms with Crippen molar-refractivity contribution in [3.63, 3.8) is 0 Å². The summed E-state index contributed by atoms with van der Waals surface area (Å²) in [4.78, 5) is 15.9. The molecule has 2 aliphatic rings. The fraction of sp³-hybridized carbons (Fsp3) is 0.167. The number of hydrogen-bond donors (Lipinski definition) is 1. The molecule has 1 N–H and O–H groups in total. The van der Waals surface area contributed by atoms with Gasteiger partial charge in [-0.25, -0.2) is 0 Å². The van der Waals surface area contributed by atoms with Crippen molar-refractivity contribution in [1.82, 2.24) is 4.98 Å². The van der Waals surface area contributed by atoms with E-state index in [1.165, 1.54) is 6.07 Å². The standard InChI is InChI=1S/C24H19BN2O2/c25-18-6-4-5-17(13-18)22-14-23(28)21(15-26)24(27-22)16-9-11-20(12-10-16)29-19-7-2-1-3-8-19/h1-11,14,17,20H,12-13H2,(H,27,28). The number of hydrogen-bond acceptors (Lipinski definition) is 3. The van der Waals surface area contributed by atoms with Gasteiger partial charge in [-0.05, 0) is 30.2 Å². The monoisotopic (exact) mass is 378 g/mol. The molecule has 5 heteroatoms. The van der Waals surface area contributed by atoms with Gasteiger partial charge in [-0.1, -0.05) is 48.6 Å². The van der Waals surface area contributed by atoms with E-state index in [2.05, 4.69) is 4.98 Å². The molecule has 140 valence electrons. The normalized spacial score (nSPS) is 20.5. The molecule has 4 rings (SSSR count). The summed E-state index contributed by atoms with van der Waals surface area (Å²) >= 11 is 0. The van der Waals surface area contributed by atoms with Crippen LogP contribution in [-0.2, 0) is 0 Å². The summed E-state index contributed by atoms with van der Waals surface area (Å²) in [6.07, 6.45) is 12.8. The van der Waals surface area contributed by atoms with E-state index in [1.807, 2.05) is 72.9 Å². The van der Waals surface area contributed by atoms with Crippen LogP contribution in [0.4, 0.5) is 0 Å². The fourth-order valence-corrected chi connectivity index (χ4v) is 3.57. The van der Waals surface area contributed by atoms with Gasteiger partial charge in [0.1, 0.15) is 31.3 Å². The van der Waals surface area contributed by atoms with Crippen molar-refractivity contribution >= 4 is 13.4 Å². The fourth-order valence-electron chi connectivity index (χ4n) is 3.57. The molecule has 29 heavy (non-hydrogen) atoms. The van der Waals surface area contributed by atoms with Crippen LogP contribution in [0.25, 0.3) is 5.57 Å². The number of aromatic nitrogens is 1. The minimum Gasteiger partial charge on any atom is -0.486 e. The molecule has 0 bridgehead atoms. The first-order valence-corrected chi connectivity index (χ1v) is 9.54. The second-order valence-electron chi connectivity index (χ2n) is 7.11. The van der Waals surface area contributed by atoms with Crippen LogP contribution in [0.1, 0.15) is 35.7 Å². The molecule has 2 aromatic rings. The van der Waals surface area contributed by atoms with E-state index in [0.717, 1.165) is 22.5 Å². The number of aromatic amines is 1. The minimum absolute atomic E-state index is 0.0125. The summed E-state index contributed by atoms with van der Waals surface area (Å²) in [7, 11) is 5.95. The Hall–Kier alpha value is -3.52. The van der Waals surface area contributed by atoms with E-state index in [9.17, 15) is 10.1 Å². The van der Waals surface area contributed by atoms with Gasteiger partial charge in [0.05, 0.1) is 5.69 Å². The third kappa shape index (κ3) is 4.17. The lowest BCUT2D eigenvalue weighted by molar-refractivity contribution is 0.252. The largest absolute Gasteiger partial charge is 0.486 e. The number of pyridine rings is 1. The summed E-state index contributed by atoms with van der Waals surface area (Å²) < 4.78 is 5.95. The number of rotatable bonds is 4. The number of nitriles is 1. The van der Waals surface area contributed by atoms with Crippen molar-refractivity contribution in [2.45, 2.75) is 24.9 Å². The molecule has 0 spiro atoms. The SMILES string of the molecule is [B]C1=CC=CC(c2cc(=O)c(C#N)c(C3=CCC(Oc4ccccc4)C=C3)[nH]2)C1. The molecule has 1 aromatic carbocycles. The number of H-pyrrole nitrogens is 1. The molecule has 2 radical (unpaired) electrons.